The maximum absolute atomic E-state index is 13.1. The first-order valence-electron chi connectivity index (χ1n) is 4.05. The summed E-state index contributed by atoms with van der Waals surface area (Å²) in [6.45, 7) is 0. The minimum Gasteiger partial charge on any atom is -0.302 e. The number of benzene rings is 1. The summed E-state index contributed by atoms with van der Waals surface area (Å²) < 4.78 is 13.1. The van der Waals surface area contributed by atoms with Crippen molar-refractivity contribution in [3.05, 3.63) is 35.1 Å². The number of carbonyl (C=O) groups excluding carboxylic acids is 1. The normalized spacial score (nSPS) is 9.00. The quantitative estimate of drug-likeness (QED) is 0.417. The Morgan fingerprint density at radius 2 is 2.29 bits per heavy atom. The summed E-state index contributed by atoms with van der Waals surface area (Å²) in [6.07, 6.45) is 0.870. The second-order valence-electron chi connectivity index (χ2n) is 2.61. The molecule has 0 fully saturated rings. The zero-order valence-corrected chi connectivity index (χ0v) is 8.14. The summed E-state index contributed by atoms with van der Waals surface area (Å²) in [5.41, 5.74) is 1.01. The highest BCUT2D eigenvalue weighted by Gasteiger charge is 2.00. The third-order valence-corrected chi connectivity index (χ3v) is 1.90. The summed E-state index contributed by atoms with van der Waals surface area (Å²) in [6, 6.07) is 4.58. The van der Waals surface area contributed by atoms with E-state index in [2.05, 4.69) is 11.8 Å². The van der Waals surface area contributed by atoms with E-state index in [1.807, 2.05) is 0 Å². The van der Waals surface area contributed by atoms with E-state index in [4.69, 9.17) is 11.6 Å². The van der Waals surface area contributed by atoms with Gasteiger partial charge in [-0.2, -0.15) is 0 Å². The standard InChI is InChI=1S/C11H8ClFO/c12-8-10-5-4-9(7-11(10)13)3-1-2-6-14/h4-7H,2,8H2. The van der Waals surface area contributed by atoms with Crippen LogP contribution in [0.15, 0.2) is 18.2 Å². The van der Waals surface area contributed by atoms with Gasteiger partial charge in [-0.25, -0.2) is 4.39 Å². The minimum absolute atomic E-state index is 0.147. The number of alkyl halides is 1. The second-order valence-corrected chi connectivity index (χ2v) is 2.88. The van der Waals surface area contributed by atoms with E-state index in [1.54, 1.807) is 12.1 Å². The molecule has 14 heavy (non-hydrogen) atoms. The van der Waals surface area contributed by atoms with Gasteiger partial charge in [0.15, 0.2) is 0 Å². The number of aldehydes is 1. The van der Waals surface area contributed by atoms with Gasteiger partial charge in [-0.3, -0.25) is 0 Å². The molecule has 1 nitrogen and oxygen atoms in total. The van der Waals surface area contributed by atoms with Crippen LogP contribution in [-0.4, -0.2) is 6.29 Å². The molecule has 0 saturated heterocycles. The van der Waals surface area contributed by atoms with Gasteiger partial charge in [0.05, 0.1) is 12.3 Å². The predicted molar refractivity (Wildman–Crippen MR) is 53.5 cm³/mol. The van der Waals surface area contributed by atoms with E-state index in [9.17, 15) is 9.18 Å². The SMILES string of the molecule is O=CCC#Cc1ccc(CCl)c(F)c1. The molecular formula is C11H8ClFO. The van der Waals surface area contributed by atoms with Gasteiger partial charge in [0.2, 0.25) is 0 Å². The van der Waals surface area contributed by atoms with E-state index in [0.29, 0.717) is 17.4 Å². The number of carbonyl (C=O) groups is 1. The average Bonchev–Trinajstić information content (AvgIpc) is 2.18. The van der Waals surface area contributed by atoms with Crippen molar-refractivity contribution in [1.82, 2.24) is 0 Å². The molecule has 72 valence electrons. The van der Waals surface area contributed by atoms with Gasteiger partial charge in [0, 0.05) is 11.1 Å². The van der Waals surface area contributed by atoms with Gasteiger partial charge in [-0.05, 0) is 12.1 Å². The first kappa shape index (κ1) is 10.7. The molecule has 0 aliphatic rings. The Labute approximate surface area is 86.9 Å². The molecule has 0 radical (unpaired) electrons. The van der Waals surface area contributed by atoms with Gasteiger partial charge in [0.1, 0.15) is 12.1 Å². The molecule has 0 heterocycles. The number of halogens is 2. The molecule has 0 atom stereocenters. The average molecular weight is 211 g/mol. The molecule has 0 aromatic heterocycles. The Balaban J connectivity index is 2.87. The summed E-state index contributed by atoms with van der Waals surface area (Å²) in [5.74, 6) is 5.06. The lowest BCUT2D eigenvalue weighted by Crippen LogP contribution is -1.87. The van der Waals surface area contributed by atoms with E-state index < -0.39 is 0 Å². The van der Waals surface area contributed by atoms with Gasteiger partial charge in [0.25, 0.3) is 0 Å². The van der Waals surface area contributed by atoms with Crippen LogP contribution in [0, 0.1) is 17.7 Å². The first-order chi connectivity index (χ1) is 6.77. The molecule has 1 rings (SSSR count). The largest absolute Gasteiger partial charge is 0.302 e. The molecule has 1 aromatic rings. The van der Waals surface area contributed by atoms with Gasteiger partial charge in [-0.1, -0.05) is 17.9 Å². The van der Waals surface area contributed by atoms with Crippen LogP contribution in [0.4, 0.5) is 4.39 Å². The Hall–Kier alpha value is -1.33. The lowest BCUT2D eigenvalue weighted by molar-refractivity contribution is -0.107. The topological polar surface area (TPSA) is 17.1 Å². The molecule has 0 N–H and O–H groups in total. The van der Waals surface area contributed by atoms with Gasteiger partial charge in [-0.15, -0.1) is 11.6 Å². The molecule has 1 aromatic carbocycles. The lowest BCUT2D eigenvalue weighted by atomic mass is 10.1. The molecule has 0 bridgehead atoms. The van der Waals surface area contributed by atoms with E-state index in [1.165, 1.54) is 6.07 Å². The number of rotatable bonds is 2. The smallest absolute Gasteiger partial charge is 0.131 e. The highest BCUT2D eigenvalue weighted by molar-refractivity contribution is 6.17. The van der Waals surface area contributed by atoms with Gasteiger partial charge < -0.3 is 4.79 Å². The molecule has 3 heteroatoms. The molecule has 0 spiro atoms. The third kappa shape index (κ3) is 2.86. The molecule has 0 unspecified atom stereocenters. The molecule has 0 aliphatic carbocycles. The van der Waals surface area contributed by atoms with Crippen LogP contribution in [0.2, 0.25) is 0 Å². The van der Waals surface area contributed by atoms with Crippen molar-refractivity contribution < 1.29 is 9.18 Å². The second kappa shape index (κ2) is 5.41. The Morgan fingerprint density at radius 1 is 1.50 bits per heavy atom. The highest BCUT2D eigenvalue weighted by Crippen LogP contribution is 2.11. The highest BCUT2D eigenvalue weighted by atomic mass is 35.5. The maximum Gasteiger partial charge on any atom is 0.131 e. The summed E-state index contributed by atoms with van der Waals surface area (Å²) in [5, 5.41) is 0. The third-order valence-electron chi connectivity index (χ3n) is 1.62. The molecule has 0 aliphatic heterocycles. The summed E-state index contributed by atoms with van der Waals surface area (Å²) in [7, 11) is 0. The summed E-state index contributed by atoms with van der Waals surface area (Å²) in [4.78, 5) is 9.97. The Bertz CT molecular complexity index is 390. The van der Waals surface area contributed by atoms with Crippen molar-refractivity contribution in [2.24, 2.45) is 0 Å². The van der Waals surface area contributed by atoms with Crippen LogP contribution in [0.1, 0.15) is 17.5 Å². The van der Waals surface area contributed by atoms with Crippen LogP contribution in [0.25, 0.3) is 0 Å². The zero-order chi connectivity index (χ0) is 10.4. The van der Waals surface area contributed by atoms with Crippen LogP contribution in [-0.2, 0) is 10.7 Å². The maximum atomic E-state index is 13.1. The zero-order valence-electron chi connectivity index (χ0n) is 7.39. The van der Waals surface area contributed by atoms with Crippen molar-refractivity contribution in [3.8, 4) is 11.8 Å². The monoisotopic (exact) mass is 210 g/mol. The van der Waals surface area contributed by atoms with E-state index >= 15 is 0 Å². The van der Waals surface area contributed by atoms with Crippen LogP contribution >= 0.6 is 11.6 Å². The Kier molecular flexibility index (Phi) is 4.15. The lowest BCUT2D eigenvalue weighted by Gasteiger charge is -1.97. The Morgan fingerprint density at radius 3 is 2.86 bits per heavy atom. The van der Waals surface area contributed by atoms with Crippen LogP contribution < -0.4 is 0 Å². The van der Waals surface area contributed by atoms with Crippen LogP contribution in [0.3, 0.4) is 0 Å². The predicted octanol–water partition coefficient (Wildman–Crippen LogP) is 2.51. The fraction of sp³-hybridized carbons (Fsp3) is 0.182. The van der Waals surface area contributed by atoms with Crippen molar-refractivity contribution >= 4 is 17.9 Å². The molecular weight excluding hydrogens is 203 g/mol. The van der Waals surface area contributed by atoms with Crippen molar-refractivity contribution in [1.29, 1.82) is 0 Å². The van der Waals surface area contributed by atoms with Crippen LogP contribution in [0.5, 0.6) is 0 Å². The summed E-state index contributed by atoms with van der Waals surface area (Å²) >= 11 is 5.49. The number of hydrogen-bond acceptors (Lipinski definition) is 1. The van der Waals surface area contributed by atoms with E-state index in [-0.39, 0.29) is 18.1 Å². The van der Waals surface area contributed by atoms with Crippen molar-refractivity contribution in [3.63, 3.8) is 0 Å². The minimum atomic E-state index is -0.363. The van der Waals surface area contributed by atoms with Crippen molar-refractivity contribution in [2.75, 3.05) is 0 Å². The van der Waals surface area contributed by atoms with Crippen molar-refractivity contribution in [2.45, 2.75) is 12.3 Å². The fourth-order valence-corrected chi connectivity index (χ4v) is 1.14. The first-order valence-corrected chi connectivity index (χ1v) is 4.58. The molecule has 0 amide bonds. The van der Waals surface area contributed by atoms with Gasteiger partial charge >= 0.3 is 0 Å². The molecule has 0 saturated carbocycles. The van der Waals surface area contributed by atoms with E-state index in [0.717, 1.165) is 0 Å². The fourth-order valence-electron chi connectivity index (χ4n) is 0.928. The number of hydrogen-bond donors (Lipinski definition) is 0.